The van der Waals surface area contributed by atoms with Crippen LogP contribution in [0.5, 0.6) is 0 Å². The van der Waals surface area contributed by atoms with Gasteiger partial charge in [-0.25, -0.2) is 9.18 Å². The third kappa shape index (κ3) is 3.22. The van der Waals surface area contributed by atoms with Crippen LogP contribution in [0.1, 0.15) is 23.2 Å². The van der Waals surface area contributed by atoms with E-state index in [1.165, 1.54) is 12.1 Å². The molecule has 1 aliphatic heterocycles. The predicted molar refractivity (Wildman–Crippen MR) is 70.3 cm³/mol. The molecule has 1 aliphatic rings. The van der Waals surface area contributed by atoms with Crippen molar-refractivity contribution in [3.8, 4) is 0 Å². The van der Waals surface area contributed by atoms with Crippen molar-refractivity contribution in [2.75, 3.05) is 13.2 Å². The fraction of sp³-hybridized carbons (Fsp3) is 0.308. The number of benzene rings is 1. The normalized spacial score (nSPS) is 14.5. The van der Waals surface area contributed by atoms with Gasteiger partial charge in [0.25, 0.3) is 5.91 Å². The summed E-state index contributed by atoms with van der Waals surface area (Å²) < 4.78 is 18.2. The fourth-order valence-corrected chi connectivity index (χ4v) is 2.26. The van der Waals surface area contributed by atoms with Crippen LogP contribution >= 0.6 is 15.9 Å². The standard InChI is InChI=1S/C13H11BrFNO4/c14-10-4-3-8(15)6-9(10)13(19)20-7-12(18)16-5-1-2-11(16)17/h3-4,6H,1-2,5,7H2. The van der Waals surface area contributed by atoms with Gasteiger partial charge < -0.3 is 4.74 Å². The molecule has 1 aromatic carbocycles. The van der Waals surface area contributed by atoms with E-state index in [2.05, 4.69) is 15.9 Å². The molecule has 1 aromatic rings. The summed E-state index contributed by atoms with van der Waals surface area (Å²) in [5.74, 6) is -2.23. The summed E-state index contributed by atoms with van der Waals surface area (Å²) in [7, 11) is 0. The largest absolute Gasteiger partial charge is 0.452 e. The molecule has 1 saturated heterocycles. The lowest BCUT2D eigenvalue weighted by Crippen LogP contribution is -2.35. The highest BCUT2D eigenvalue weighted by Crippen LogP contribution is 2.19. The maximum absolute atomic E-state index is 13.1. The van der Waals surface area contributed by atoms with Crippen molar-refractivity contribution in [3.63, 3.8) is 0 Å². The number of esters is 1. The summed E-state index contributed by atoms with van der Waals surface area (Å²) in [4.78, 5) is 35.8. The van der Waals surface area contributed by atoms with Gasteiger partial charge in [0.2, 0.25) is 5.91 Å². The number of amides is 2. The second-order valence-electron chi connectivity index (χ2n) is 4.24. The van der Waals surface area contributed by atoms with Crippen LogP contribution in [0.3, 0.4) is 0 Å². The van der Waals surface area contributed by atoms with E-state index in [-0.39, 0.29) is 11.5 Å². The first-order chi connectivity index (χ1) is 9.49. The Kier molecular flexibility index (Phi) is 4.49. The molecule has 0 radical (unpaired) electrons. The van der Waals surface area contributed by atoms with E-state index >= 15 is 0 Å². The van der Waals surface area contributed by atoms with E-state index in [0.29, 0.717) is 23.9 Å². The molecule has 0 aliphatic carbocycles. The Labute approximate surface area is 122 Å². The first-order valence-electron chi connectivity index (χ1n) is 5.94. The number of carbonyl (C=O) groups excluding carboxylic acids is 3. The third-order valence-electron chi connectivity index (χ3n) is 2.85. The van der Waals surface area contributed by atoms with E-state index < -0.39 is 24.3 Å². The molecule has 20 heavy (non-hydrogen) atoms. The molecule has 1 fully saturated rings. The lowest BCUT2D eigenvalue weighted by atomic mass is 10.2. The average Bonchev–Trinajstić information content (AvgIpc) is 2.84. The van der Waals surface area contributed by atoms with Crippen LogP contribution in [0.2, 0.25) is 0 Å². The highest BCUT2D eigenvalue weighted by atomic mass is 79.9. The lowest BCUT2D eigenvalue weighted by Gasteiger charge is -2.13. The molecular formula is C13H11BrFNO4. The van der Waals surface area contributed by atoms with E-state index in [1.54, 1.807) is 0 Å². The third-order valence-corrected chi connectivity index (χ3v) is 3.54. The zero-order valence-electron chi connectivity index (χ0n) is 10.4. The Bertz CT molecular complexity index is 575. The van der Waals surface area contributed by atoms with Crippen molar-refractivity contribution in [2.45, 2.75) is 12.8 Å². The second-order valence-corrected chi connectivity index (χ2v) is 5.10. The minimum Gasteiger partial charge on any atom is -0.452 e. The van der Waals surface area contributed by atoms with Gasteiger partial charge in [-0.1, -0.05) is 0 Å². The zero-order valence-corrected chi connectivity index (χ0v) is 12.0. The highest BCUT2D eigenvalue weighted by molar-refractivity contribution is 9.10. The quantitative estimate of drug-likeness (QED) is 0.786. The van der Waals surface area contributed by atoms with Gasteiger partial charge in [0, 0.05) is 17.4 Å². The van der Waals surface area contributed by atoms with Crippen molar-refractivity contribution in [1.82, 2.24) is 4.90 Å². The highest BCUT2D eigenvalue weighted by Gasteiger charge is 2.27. The Balaban J connectivity index is 1.97. The second kappa shape index (κ2) is 6.13. The first kappa shape index (κ1) is 14.6. The number of imide groups is 1. The minimum atomic E-state index is -0.823. The van der Waals surface area contributed by atoms with E-state index in [1.807, 2.05) is 0 Å². The Hall–Kier alpha value is -1.76. The van der Waals surface area contributed by atoms with Crippen LogP contribution < -0.4 is 0 Å². The number of nitrogens with zero attached hydrogens (tertiary/aromatic N) is 1. The smallest absolute Gasteiger partial charge is 0.339 e. The Morgan fingerprint density at radius 3 is 2.80 bits per heavy atom. The molecule has 0 saturated carbocycles. The van der Waals surface area contributed by atoms with Crippen molar-refractivity contribution in [1.29, 1.82) is 0 Å². The SMILES string of the molecule is O=C(OCC(=O)N1CCCC1=O)c1cc(F)ccc1Br. The van der Waals surface area contributed by atoms with Crippen LogP contribution in [-0.2, 0) is 14.3 Å². The van der Waals surface area contributed by atoms with Gasteiger partial charge in [-0.05, 0) is 40.5 Å². The predicted octanol–water partition coefficient (Wildman–Crippen LogP) is 1.89. The average molecular weight is 344 g/mol. The summed E-state index contributed by atoms with van der Waals surface area (Å²) in [6, 6.07) is 3.57. The molecule has 0 atom stereocenters. The van der Waals surface area contributed by atoms with Gasteiger partial charge in [0.1, 0.15) is 5.82 Å². The van der Waals surface area contributed by atoms with Gasteiger partial charge in [-0.2, -0.15) is 0 Å². The molecular weight excluding hydrogens is 333 g/mol. The fourth-order valence-electron chi connectivity index (χ4n) is 1.85. The van der Waals surface area contributed by atoms with Crippen LogP contribution in [0.4, 0.5) is 4.39 Å². The summed E-state index contributed by atoms with van der Waals surface area (Å²) in [6.07, 6.45) is 0.948. The van der Waals surface area contributed by atoms with Gasteiger partial charge in [0.05, 0.1) is 5.56 Å². The zero-order chi connectivity index (χ0) is 14.7. The number of likely N-dealkylation sites (tertiary alicyclic amines) is 1. The monoisotopic (exact) mass is 343 g/mol. The van der Waals surface area contributed by atoms with Gasteiger partial charge in [0.15, 0.2) is 6.61 Å². The number of halogens is 2. The number of rotatable bonds is 3. The molecule has 0 spiro atoms. The van der Waals surface area contributed by atoms with Crippen molar-refractivity contribution in [3.05, 3.63) is 34.1 Å². The molecule has 0 N–H and O–H groups in total. The van der Waals surface area contributed by atoms with Crippen LogP contribution in [-0.4, -0.2) is 35.8 Å². The number of hydrogen-bond acceptors (Lipinski definition) is 4. The van der Waals surface area contributed by atoms with Crippen LogP contribution in [0.25, 0.3) is 0 Å². The molecule has 2 rings (SSSR count). The molecule has 7 heteroatoms. The summed E-state index contributed by atoms with van der Waals surface area (Å²) in [6.45, 7) is -0.188. The van der Waals surface area contributed by atoms with E-state index in [9.17, 15) is 18.8 Å². The Morgan fingerprint density at radius 1 is 1.40 bits per heavy atom. The molecule has 0 unspecified atom stereocenters. The van der Waals surface area contributed by atoms with Gasteiger partial charge in [-0.3, -0.25) is 14.5 Å². The van der Waals surface area contributed by atoms with Crippen molar-refractivity contribution >= 4 is 33.7 Å². The minimum absolute atomic E-state index is 0.00875. The van der Waals surface area contributed by atoms with Crippen LogP contribution in [0, 0.1) is 5.82 Å². The molecule has 1 heterocycles. The van der Waals surface area contributed by atoms with Gasteiger partial charge in [-0.15, -0.1) is 0 Å². The maximum Gasteiger partial charge on any atom is 0.339 e. The molecule has 0 aromatic heterocycles. The van der Waals surface area contributed by atoms with E-state index in [4.69, 9.17) is 4.74 Å². The molecule has 2 amide bonds. The van der Waals surface area contributed by atoms with Gasteiger partial charge >= 0.3 is 5.97 Å². The topological polar surface area (TPSA) is 63.7 Å². The van der Waals surface area contributed by atoms with Crippen molar-refractivity contribution < 1.29 is 23.5 Å². The molecule has 106 valence electrons. The Morgan fingerprint density at radius 2 is 2.15 bits per heavy atom. The van der Waals surface area contributed by atoms with Crippen LogP contribution in [0.15, 0.2) is 22.7 Å². The maximum atomic E-state index is 13.1. The number of ether oxygens (including phenoxy) is 1. The number of carbonyl (C=O) groups is 3. The molecule has 0 bridgehead atoms. The first-order valence-corrected chi connectivity index (χ1v) is 6.73. The van der Waals surface area contributed by atoms with E-state index in [0.717, 1.165) is 11.0 Å². The summed E-state index contributed by atoms with van der Waals surface area (Å²) >= 11 is 3.10. The molecule has 5 nitrogen and oxygen atoms in total. The summed E-state index contributed by atoms with van der Waals surface area (Å²) in [5.41, 5.74) is -0.00875. The lowest BCUT2D eigenvalue weighted by molar-refractivity contribution is -0.143. The van der Waals surface area contributed by atoms with Crippen molar-refractivity contribution in [2.24, 2.45) is 0 Å². The number of hydrogen-bond donors (Lipinski definition) is 0. The summed E-state index contributed by atoms with van der Waals surface area (Å²) in [5, 5.41) is 0.